The van der Waals surface area contributed by atoms with E-state index in [1.54, 1.807) is 18.2 Å². The van der Waals surface area contributed by atoms with Gasteiger partial charge in [-0.25, -0.2) is 4.39 Å². The van der Waals surface area contributed by atoms with Gasteiger partial charge in [0.2, 0.25) is 0 Å². The summed E-state index contributed by atoms with van der Waals surface area (Å²) >= 11 is 5.73. The first kappa shape index (κ1) is 11.1. The van der Waals surface area contributed by atoms with Gasteiger partial charge in [-0.15, -0.1) is 0 Å². The molecule has 2 rings (SSSR count). The molecule has 2 aromatic rings. The lowest BCUT2D eigenvalue weighted by Crippen LogP contribution is -1.99. The Kier molecular flexibility index (Phi) is 3.22. The van der Waals surface area contributed by atoms with Gasteiger partial charge in [0.15, 0.2) is 0 Å². The van der Waals surface area contributed by atoms with Crippen molar-refractivity contribution in [3.05, 3.63) is 70.5 Å². The van der Waals surface area contributed by atoms with Crippen LogP contribution in [0.15, 0.2) is 48.5 Å². The minimum absolute atomic E-state index is 0.282. The van der Waals surface area contributed by atoms with Gasteiger partial charge in [0.05, 0.1) is 0 Å². The molecule has 0 fully saturated rings. The normalized spacial score (nSPS) is 12.4. The van der Waals surface area contributed by atoms with Crippen molar-refractivity contribution in [3.8, 4) is 0 Å². The molecular formula is C13H10ClFO. The molecule has 0 saturated heterocycles. The summed E-state index contributed by atoms with van der Waals surface area (Å²) in [5.41, 5.74) is 1.17. The van der Waals surface area contributed by atoms with Crippen LogP contribution in [0.5, 0.6) is 0 Å². The average molecular weight is 237 g/mol. The molecule has 1 atom stereocenters. The third-order valence-corrected chi connectivity index (χ3v) is 2.53. The Morgan fingerprint density at radius 2 is 1.69 bits per heavy atom. The Morgan fingerprint density at radius 3 is 2.31 bits per heavy atom. The Balaban J connectivity index is 2.37. The van der Waals surface area contributed by atoms with Gasteiger partial charge < -0.3 is 5.11 Å². The Hall–Kier alpha value is -1.38. The van der Waals surface area contributed by atoms with Crippen molar-refractivity contribution in [2.24, 2.45) is 0 Å². The van der Waals surface area contributed by atoms with E-state index in [4.69, 9.17) is 11.6 Å². The summed E-state index contributed by atoms with van der Waals surface area (Å²) < 4.78 is 13.1. The molecule has 0 bridgehead atoms. The molecular weight excluding hydrogens is 227 g/mol. The Morgan fingerprint density at radius 1 is 1.00 bits per heavy atom. The lowest BCUT2D eigenvalue weighted by Gasteiger charge is -2.11. The van der Waals surface area contributed by atoms with E-state index >= 15 is 0 Å². The lowest BCUT2D eigenvalue weighted by atomic mass is 10.0. The van der Waals surface area contributed by atoms with Gasteiger partial charge in [0.25, 0.3) is 0 Å². The maximum absolute atomic E-state index is 13.1. The predicted molar refractivity (Wildman–Crippen MR) is 61.9 cm³/mol. The summed E-state index contributed by atoms with van der Waals surface area (Å²) in [6, 6.07) is 13.1. The number of halogens is 2. The van der Waals surface area contributed by atoms with E-state index < -0.39 is 11.9 Å². The molecule has 0 saturated carbocycles. The fourth-order valence-corrected chi connectivity index (χ4v) is 1.79. The highest BCUT2D eigenvalue weighted by Crippen LogP contribution is 2.25. The van der Waals surface area contributed by atoms with Crippen LogP contribution in [0.4, 0.5) is 4.39 Å². The van der Waals surface area contributed by atoms with Crippen molar-refractivity contribution in [3.63, 3.8) is 0 Å². The summed E-state index contributed by atoms with van der Waals surface area (Å²) in [6.45, 7) is 0. The van der Waals surface area contributed by atoms with Crippen LogP contribution >= 0.6 is 11.6 Å². The highest BCUT2D eigenvalue weighted by Gasteiger charge is 2.11. The molecule has 1 nitrogen and oxygen atoms in total. The van der Waals surface area contributed by atoms with Crippen LogP contribution in [0.2, 0.25) is 5.02 Å². The van der Waals surface area contributed by atoms with Crippen LogP contribution in [0.1, 0.15) is 17.2 Å². The standard InChI is InChI=1S/C13H10ClFO/c14-11-6-10(7-12(15)8-11)13(16)9-4-2-1-3-5-9/h1-8,13,16H/t13-/m0/s1. The first-order valence-electron chi connectivity index (χ1n) is 4.86. The first-order chi connectivity index (χ1) is 7.66. The molecule has 82 valence electrons. The van der Waals surface area contributed by atoms with Gasteiger partial charge in [-0.1, -0.05) is 41.9 Å². The van der Waals surface area contributed by atoms with Gasteiger partial charge in [0.1, 0.15) is 11.9 Å². The number of aliphatic hydroxyl groups is 1. The fraction of sp³-hybridized carbons (Fsp3) is 0.0769. The SMILES string of the molecule is O[C@@H](c1ccccc1)c1cc(F)cc(Cl)c1. The van der Waals surface area contributed by atoms with E-state index in [0.717, 1.165) is 0 Å². The van der Waals surface area contributed by atoms with Gasteiger partial charge >= 0.3 is 0 Å². The van der Waals surface area contributed by atoms with Crippen molar-refractivity contribution >= 4 is 11.6 Å². The molecule has 0 aliphatic heterocycles. The van der Waals surface area contributed by atoms with Gasteiger partial charge in [-0.05, 0) is 29.3 Å². The van der Waals surface area contributed by atoms with Crippen molar-refractivity contribution in [2.75, 3.05) is 0 Å². The van der Waals surface area contributed by atoms with Crippen molar-refractivity contribution in [1.29, 1.82) is 0 Å². The predicted octanol–water partition coefficient (Wildman–Crippen LogP) is 3.56. The fourth-order valence-electron chi connectivity index (χ4n) is 1.56. The summed E-state index contributed by atoms with van der Waals surface area (Å²) in [4.78, 5) is 0. The molecule has 16 heavy (non-hydrogen) atoms. The molecule has 0 aliphatic rings. The highest BCUT2D eigenvalue weighted by molar-refractivity contribution is 6.30. The van der Waals surface area contributed by atoms with Crippen LogP contribution in [0.25, 0.3) is 0 Å². The molecule has 0 spiro atoms. The minimum atomic E-state index is -0.852. The third-order valence-electron chi connectivity index (χ3n) is 2.32. The smallest absolute Gasteiger partial charge is 0.125 e. The second-order valence-corrected chi connectivity index (χ2v) is 3.95. The van der Waals surface area contributed by atoms with E-state index in [0.29, 0.717) is 11.1 Å². The Bertz CT molecular complexity index is 464. The third kappa shape index (κ3) is 2.40. The maximum atomic E-state index is 13.1. The summed E-state index contributed by atoms with van der Waals surface area (Å²) in [7, 11) is 0. The Labute approximate surface area is 98.1 Å². The van der Waals surface area contributed by atoms with Crippen LogP contribution in [0, 0.1) is 5.82 Å². The summed E-state index contributed by atoms with van der Waals surface area (Å²) in [5.74, 6) is -0.447. The lowest BCUT2D eigenvalue weighted by molar-refractivity contribution is 0.220. The van der Waals surface area contributed by atoms with Crippen molar-refractivity contribution < 1.29 is 9.50 Å². The van der Waals surface area contributed by atoms with E-state index in [1.165, 1.54) is 12.1 Å². The van der Waals surface area contributed by atoms with Crippen LogP contribution in [0.3, 0.4) is 0 Å². The molecule has 0 unspecified atom stereocenters. The first-order valence-corrected chi connectivity index (χ1v) is 5.23. The largest absolute Gasteiger partial charge is 0.384 e. The number of hydrogen-bond donors (Lipinski definition) is 1. The molecule has 0 aromatic heterocycles. The zero-order chi connectivity index (χ0) is 11.5. The second-order valence-electron chi connectivity index (χ2n) is 3.52. The molecule has 0 heterocycles. The molecule has 0 aliphatic carbocycles. The summed E-state index contributed by atoms with van der Waals surface area (Å²) in [6.07, 6.45) is -0.852. The number of aliphatic hydroxyl groups excluding tert-OH is 1. The zero-order valence-corrected chi connectivity index (χ0v) is 9.16. The van der Waals surface area contributed by atoms with Gasteiger partial charge in [-0.2, -0.15) is 0 Å². The van der Waals surface area contributed by atoms with Crippen LogP contribution in [-0.2, 0) is 0 Å². The summed E-state index contributed by atoms with van der Waals surface area (Å²) in [5, 5.41) is 10.3. The van der Waals surface area contributed by atoms with E-state index in [-0.39, 0.29) is 5.02 Å². The molecule has 1 N–H and O–H groups in total. The zero-order valence-electron chi connectivity index (χ0n) is 8.40. The van der Waals surface area contributed by atoms with E-state index in [1.807, 2.05) is 18.2 Å². The van der Waals surface area contributed by atoms with Crippen molar-refractivity contribution in [1.82, 2.24) is 0 Å². The van der Waals surface area contributed by atoms with Crippen LogP contribution in [-0.4, -0.2) is 5.11 Å². The van der Waals surface area contributed by atoms with Crippen molar-refractivity contribution in [2.45, 2.75) is 6.10 Å². The second kappa shape index (κ2) is 4.64. The molecule has 0 amide bonds. The van der Waals surface area contributed by atoms with E-state index in [9.17, 15) is 9.50 Å². The minimum Gasteiger partial charge on any atom is -0.384 e. The van der Waals surface area contributed by atoms with Gasteiger partial charge in [-0.3, -0.25) is 0 Å². The van der Waals surface area contributed by atoms with E-state index in [2.05, 4.69) is 0 Å². The van der Waals surface area contributed by atoms with Crippen LogP contribution < -0.4 is 0 Å². The quantitative estimate of drug-likeness (QED) is 0.845. The topological polar surface area (TPSA) is 20.2 Å². The average Bonchev–Trinajstić information content (AvgIpc) is 2.28. The number of hydrogen-bond acceptors (Lipinski definition) is 1. The molecule has 3 heteroatoms. The maximum Gasteiger partial charge on any atom is 0.125 e. The van der Waals surface area contributed by atoms with Gasteiger partial charge in [0, 0.05) is 5.02 Å². The highest BCUT2D eigenvalue weighted by atomic mass is 35.5. The molecule has 0 radical (unpaired) electrons. The monoisotopic (exact) mass is 236 g/mol. The molecule has 2 aromatic carbocycles. The number of benzene rings is 2. The number of rotatable bonds is 2.